The normalized spacial score (nSPS) is 27.9. The highest BCUT2D eigenvalue weighted by Gasteiger charge is 2.57. The summed E-state index contributed by atoms with van der Waals surface area (Å²) in [5.41, 5.74) is 2.14. The molecule has 1 aliphatic heterocycles. The number of hydrogen-bond acceptors (Lipinski definition) is 3. The van der Waals surface area contributed by atoms with Crippen LogP contribution in [0.2, 0.25) is 0 Å². The van der Waals surface area contributed by atoms with Gasteiger partial charge in [0.25, 0.3) is 0 Å². The average Bonchev–Trinajstić information content (AvgIpc) is 3.29. The molecule has 2 unspecified atom stereocenters. The van der Waals surface area contributed by atoms with E-state index in [1.165, 1.54) is 0 Å². The number of aryl methyl sites for hydroxylation is 2. The summed E-state index contributed by atoms with van der Waals surface area (Å²) in [6.07, 6.45) is 2.80. The first-order valence-electron chi connectivity index (χ1n) is 7.96. The van der Waals surface area contributed by atoms with Crippen molar-refractivity contribution in [2.45, 2.75) is 51.5 Å². The minimum Gasteiger partial charge on any atom is -0.496 e. The zero-order chi connectivity index (χ0) is 16.1. The molecule has 0 aromatic heterocycles. The molecule has 1 aromatic rings. The molecule has 1 heterocycles. The lowest BCUT2D eigenvalue weighted by Gasteiger charge is -2.22. The fourth-order valence-corrected chi connectivity index (χ4v) is 3.66. The molecule has 1 saturated carbocycles. The van der Waals surface area contributed by atoms with Crippen LogP contribution in [0.4, 0.5) is 0 Å². The smallest absolute Gasteiger partial charge is 0.236 e. The van der Waals surface area contributed by atoms with E-state index in [0.29, 0.717) is 5.75 Å². The molecule has 1 N–H and O–H groups in total. The first kappa shape index (κ1) is 15.1. The van der Waals surface area contributed by atoms with Gasteiger partial charge in [0.1, 0.15) is 11.7 Å². The van der Waals surface area contributed by atoms with Crippen LogP contribution in [0.1, 0.15) is 49.3 Å². The summed E-state index contributed by atoms with van der Waals surface area (Å²) in [5, 5.41) is 2.96. The van der Waals surface area contributed by atoms with E-state index in [2.05, 4.69) is 5.32 Å². The Morgan fingerprint density at radius 2 is 2.00 bits per heavy atom. The van der Waals surface area contributed by atoms with Crippen LogP contribution in [0.25, 0.3) is 0 Å². The second-order valence-electron chi connectivity index (χ2n) is 6.66. The molecule has 2 aliphatic rings. The number of hydrogen-bond donors (Lipinski definition) is 1. The van der Waals surface area contributed by atoms with Crippen LogP contribution in [-0.2, 0) is 16.0 Å². The van der Waals surface area contributed by atoms with E-state index in [-0.39, 0.29) is 17.6 Å². The van der Waals surface area contributed by atoms with Crippen molar-refractivity contribution < 1.29 is 14.3 Å². The van der Waals surface area contributed by atoms with Gasteiger partial charge in [-0.25, -0.2) is 0 Å². The highest BCUT2D eigenvalue weighted by Crippen LogP contribution is 2.47. The number of Topliss-reactive ketones (excluding diaryl/α,β-unsaturated/α-hetero) is 1. The zero-order valence-electron chi connectivity index (χ0n) is 13.7. The van der Waals surface area contributed by atoms with Crippen LogP contribution in [0, 0.1) is 12.8 Å². The van der Waals surface area contributed by atoms with Gasteiger partial charge in [-0.05, 0) is 56.2 Å². The lowest BCUT2D eigenvalue weighted by molar-refractivity contribution is -0.125. The van der Waals surface area contributed by atoms with Gasteiger partial charge in [-0.2, -0.15) is 0 Å². The molecule has 1 aromatic carbocycles. The minimum absolute atomic E-state index is 0.00291. The summed E-state index contributed by atoms with van der Waals surface area (Å²) in [6, 6.07) is 3.95. The Labute approximate surface area is 131 Å². The molecule has 3 rings (SSSR count). The molecule has 118 valence electrons. The predicted octanol–water partition coefficient (Wildman–Crippen LogP) is 2.52. The third-order valence-electron chi connectivity index (χ3n) is 5.07. The van der Waals surface area contributed by atoms with Gasteiger partial charge in [-0.1, -0.05) is 13.0 Å². The van der Waals surface area contributed by atoms with Crippen LogP contribution in [-0.4, -0.2) is 24.3 Å². The quantitative estimate of drug-likeness (QED) is 0.869. The number of ketones is 1. The fourth-order valence-electron chi connectivity index (χ4n) is 3.66. The third-order valence-corrected chi connectivity index (χ3v) is 5.07. The van der Waals surface area contributed by atoms with E-state index < -0.39 is 11.5 Å². The molecule has 4 heteroatoms. The van der Waals surface area contributed by atoms with Crippen LogP contribution in [0.3, 0.4) is 0 Å². The monoisotopic (exact) mass is 301 g/mol. The van der Waals surface area contributed by atoms with Crippen LogP contribution in [0.15, 0.2) is 12.1 Å². The molecule has 1 aliphatic carbocycles. The summed E-state index contributed by atoms with van der Waals surface area (Å²) < 4.78 is 5.49. The molecule has 22 heavy (non-hydrogen) atoms. The van der Waals surface area contributed by atoms with Crippen LogP contribution < -0.4 is 10.1 Å². The maximum atomic E-state index is 13.0. The summed E-state index contributed by atoms with van der Waals surface area (Å²) in [4.78, 5) is 25.6. The van der Waals surface area contributed by atoms with Gasteiger partial charge in [-0.15, -0.1) is 0 Å². The average molecular weight is 301 g/mol. The third kappa shape index (κ3) is 2.13. The number of ether oxygens (including phenoxy) is 1. The van der Waals surface area contributed by atoms with E-state index in [4.69, 9.17) is 4.74 Å². The van der Waals surface area contributed by atoms with Crippen molar-refractivity contribution in [1.82, 2.24) is 5.32 Å². The van der Waals surface area contributed by atoms with Gasteiger partial charge in [0, 0.05) is 5.56 Å². The maximum absolute atomic E-state index is 13.0. The van der Waals surface area contributed by atoms with Gasteiger partial charge in [-0.3, -0.25) is 9.59 Å². The largest absolute Gasteiger partial charge is 0.496 e. The topological polar surface area (TPSA) is 55.4 Å². The van der Waals surface area contributed by atoms with Gasteiger partial charge >= 0.3 is 0 Å². The molecule has 2 atom stereocenters. The van der Waals surface area contributed by atoms with Gasteiger partial charge in [0.05, 0.1) is 12.6 Å². The fraction of sp³-hybridized carbons (Fsp3) is 0.556. The van der Waals surface area contributed by atoms with E-state index in [1.807, 2.05) is 32.9 Å². The lowest BCUT2D eigenvalue weighted by Crippen LogP contribution is -2.45. The summed E-state index contributed by atoms with van der Waals surface area (Å²) in [5.74, 6) is 0.00470. The zero-order valence-corrected chi connectivity index (χ0v) is 13.7. The molecule has 0 radical (unpaired) electrons. The van der Waals surface area contributed by atoms with Crippen molar-refractivity contribution >= 4 is 11.7 Å². The molecule has 1 amide bonds. The second kappa shape index (κ2) is 5.11. The van der Waals surface area contributed by atoms with E-state index in [0.717, 1.165) is 36.0 Å². The summed E-state index contributed by atoms with van der Waals surface area (Å²) in [6.45, 7) is 5.91. The molecule has 0 bridgehead atoms. The molecule has 0 spiro atoms. The Hall–Kier alpha value is -1.84. The predicted molar refractivity (Wildman–Crippen MR) is 84.1 cm³/mol. The molecule has 2 fully saturated rings. The second-order valence-corrected chi connectivity index (χ2v) is 6.66. The van der Waals surface area contributed by atoms with Crippen molar-refractivity contribution in [1.29, 1.82) is 0 Å². The SMILES string of the molecule is CCc1cc(C)cc(OC)c1C1C(=O)NC(C)(C2CC2)C1=O. The van der Waals surface area contributed by atoms with Crippen molar-refractivity contribution in [3.8, 4) is 5.75 Å². The first-order valence-corrected chi connectivity index (χ1v) is 7.96. The number of carbonyl (C=O) groups is 2. The molecular formula is C18H23NO3. The Morgan fingerprint density at radius 3 is 2.55 bits per heavy atom. The number of carbonyl (C=O) groups excluding carboxylic acids is 2. The van der Waals surface area contributed by atoms with Crippen molar-refractivity contribution in [3.05, 3.63) is 28.8 Å². The summed E-state index contributed by atoms with van der Waals surface area (Å²) >= 11 is 0. The Kier molecular flexibility index (Phi) is 3.50. The van der Waals surface area contributed by atoms with Gasteiger partial charge in [0.15, 0.2) is 5.78 Å². The first-order chi connectivity index (χ1) is 10.4. The Bertz CT molecular complexity index is 623. The van der Waals surface area contributed by atoms with Crippen molar-refractivity contribution in [3.63, 3.8) is 0 Å². The van der Waals surface area contributed by atoms with E-state index in [9.17, 15) is 9.59 Å². The number of methoxy groups -OCH3 is 1. The molecule has 1 saturated heterocycles. The number of rotatable bonds is 4. The number of benzene rings is 1. The Balaban J connectivity index is 2.11. The van der Waals surface area contributed by atoms with Gasteiger partial charge < -0.3 is 10.1 Å². The number of amides is 1. The van der Waals surface area contributed by atoms with Crippen molar-refractivity contribution in [2.75, 3.05) is 7.11 Å². The van der Waals surface area contributed by atoms with Gasteiger partial charge in [0.2, 0.25) is 5.91 Å². The van der Waals surface area contributed by atoms with E-state index in [1.54, 1.807) is 7.11 Å². The maximum Gasteiger partial charge on any atom is 0.236 e. The highest BCUT2D eigenvalue weighted by atomic mass is 16.5. The number of nitrogens with one attached hydrogen (secondary N) is 1. The van der Waals surface area contributed by atoms with Crippen LogP contribution in [0.5, 0.6) is 5.75 Å². The van der Waals surface area contributed by atoms with Crippen LogP contribution >= 0.6 is 0 Å². The van der Waals surface area contributed by atoms with Crippen molar-refractivity contribution in [2.24, 2.45) is 5.92 Å². The lowest BCUT2D eigenvalue weighted by atomic mass is 9.82. The standard InChI is InChI=1S/C18H23NO3/c1-5-11-8-10(2)9-13(22-4)14(11)15-16(20)18(3,12-6-7-12)19-17(15)21/h8-9,12,15H,5-7H2,1-4H3,(H,19,21). The summed E-state index contributed by atoms with van der Waals surface area (Å²) in [7, 11) is 1.59. The molecule has 4 nitrogen and oxygen atoms in total. The molecular weight excluding hydrogens is 278 g/mol. The Morgan fingerprint density at radius 1 is 1.32 bits per heavy atom. The minimum atomic E-state index is -0.740. The van der Waals surface area contributed by atoms with E-state index >= 15 is 0 Å². The highest BCUT2D eigenvalue weighted by molar-refractivity contribution is 6.17.